The molecule has 38 heavy (non-hydrogen) atoms. The second-order valence-electron chi connectivity index (χ2n) is 8.96. The molecule has 0 radical (unpaired) electrons. The van der Waals surface area contributed by atoms with Crippen molar-refractivity contribution < 1.29 is 34.1 Å². The van der Waals surface area contributed by atoms with Crippen molar-refractivity contribution in [1.29, 1.82) is 0 Å². The number of amides is 1. The SMILES string of the molecule is COc1ccc(/C(O)=C2/C(=O)C(=O)N(c3ccc(CC(=O)O)cc3)C2c2ccc(N(C)C)cc2)c(OC)c1. The van der Waals surface area contributed by atoms with Gasteiger partial charge in [0.2, 0.25) is 0 Å². The Balaban J connectivity index is 1.90. The third kappa shape index (κ3) is 4.90. The van der Waals surface area contributed by atoms with Crippen molar-refractivity contribution in [1.82, 2.24) is 0 Å². The Morgan fingerprint density at radius 1 is 0.921 bits per heavy atom. The maximum atomic E-state index is 13.4. The van der Waals surface area contributed by atoms with Gasteiger partial charge in [-0.2, -0.15) is 0 Å². The van der Waals surface area contributed by atoms with E-state index in [1.54, 1.807) is 54.6 Å². The standard InChI is InChI=1S/C29H28N2O7/c1-30(2)19-11-7-18(8-12-19)26-25(27(34)22-14-13-21(37-3)16-23(22)38-4)28(35)29(36)31(26)20-9-5-17(6-10-20)15-24(32)33/h5-14,16,26,34H,15H2,1-4H3,(H,32,33)/b27-25-. The first-order valence-corrected chi connectivity index (χ1v) is 11.8. The van der Waals surface area contributed by atoms with Crippen LogP contribution in [0.2, 0.25) is 0 Å². The Kier molecular flexibility index (Phi) is 7.38. The minimum Gasteiger partial charge on any atom is -0.507 e. The van der Waals surface area contributed by atoms with Crippen LogP contribution in [0.15, 0.2) is 72.3 Å². The highest BCUT2D eigenvalue weighted by Crippen LogP contribution is 2.44. The minimum absolute atomic E-state index is 0.0920. The molecule has 1 aliphatic rings. The zero-order valence-electron chi connectivity index (χ0n) is 21.5. The molecule has 4 rings (SSSR count). The summed E-state index contributed by atoms with van der Waals surface area (Å²) >= 11 is 0. The average Bonchev–Trinajstić information content (AvgIpc) is 3.18. The molecule has 0 aliphatic carbocycles. The van der Waals surface area contributed by atoms with Crippen LogP contribution in [0.3, 0.4) is 0 Å². The van der Waals surface area contributed by atoms with Crippen LogP contribution in [-0.2, 0) is 20.8 Å². The summed E-state index contributed by atoms with van der Waals surface area (Å²) in [5.41, 5.74) is 2.61. The number of aliphatic hydroxyl groups is 1. The van der Waals surface area contributed by atoms with Crippen LogP contribution < -0.4 is 19.3 Å². The van der Waals surface area contributed by atoms with Gasteiger partial charge >= 0.3 is 5.97 Å². The van der Waals surface area contributed by atoms with Crippen LogP contribution in [0.1, 0.15) is 22.7 Å². The van der Waals surface area contributed by atoms with E-state index in [0.29, 0.717) is 22.6 Å². The van der Waals surface area contributed by atoms with E-state index >= 15 is 0 Å². The molecule has 3 aromatic rings. The van der Waals surface area contributed by atoms with E-state index in [-0.39, 0.29) is 29.1 Å². The molecule has 1 atom stereocenters. The fourth-order valence-electron chi connectivity index (χ4n) is 4.46. The molecular formula is C29H28N2O7. The van der Waals surface area contributed by atoms with Crippen molar-refractivity contribution in [2.75, 3.05) is 38.1 Å². The van der Waals surface area contributed by atoms with Gasteiger partial charge in [-0.05, 0) is 47.5 Å². The van der Waals surface area contributed by atoms with Gasteiger partial charge in [0.25, 0.3) is 11.7 Å². The molecule has 1 heterocycles. The summed E-state index contributed by atoms with van der Waals surface area (Å²) in [5, 5.41) is 20.5. The lowest BCUT2D eigenvalue weighted by atomic mass is 9.94. The Labute approximate surface area is 220 Å². The molecule has 0 saturated carbocycles. The minimum atomic E-state index is -0.979. The summed E-state index contributed by atoms with van der Waals surface area (Å²) in [6.07, 6.45) is -0.175. The van der Waals surface area contributed by atoms with E-state index in [2.05, 4.69) is 0 Å². The fraction of sp³-hybridized carbons (Fsp3) is 0.207. The summed E-state index contributed by atoms with van der Waals surface area (Å²) in [6, 6.07) is 17.5. The van der Waals surface area contributed by atoms with Gasteiger partial charge in [-0.3, -0.25) is 19.3 Å². The summed E-state index contributed by atoms with van der Waals surface area (Å²) < 4.78 is 10.7. The number of benzene rings is 3. The number of ketones is 1. The predicted molar refractivity (Wildman–Crippen MR) is 143 cm³/mol. The molecule has 0 bridgehead atoms. The third-order valence-electron chi connectivity index (χ3n) is 6.40. The molecule has 1 amide bonds. The number of aliphatic hydroxyl groups excluding tert-OH is 1. The first-order valence-electron chi connectivity index (χ1n) is 11.8. The van der Waals surface area contributed by atoms with Crippen molar-refractivity contribution >= 4 is 34.8 Å². The summed E-state index contributed by atoms with van der Waals surface area (Å²) in [7, 11) is 6.73. The lowest BCUT2D eigenvalue weighted by molar-refractivity contribution is -0.136. The molecule has 0 aromatic heterocycles. The van der Waals surface area contributed by atoms with E-state index in [0.717, 1.165) is 5.69 Å². The highest BCUT2D eigenvalue weighted by Gasteiger charge is 2.47. The molecule has 196 valence electrons. The summed E-state index contributed by atoms with van der Waals surface area (Å²) in [4.78, 5) is 41.2. The second kappa shape index (κ2) is 10.7. The summed E-state index contributed by atoms with van der Waals surface area (Å²) in [5.74, 6) is -2.26. The number of hydrogen-bond acceptors (Lipinski definition) is 7. The van der Waals surface area contributed by atoms with Crippen molar-refractivity contribution in [3.8, 4) is 11.5 Å². The summed E-state index contributed by atoms with van der Waals surface area (Å²) in [6.45, 7) is 0. The molecule has 9 nitrogen and oxygen atoms in total. The number of hydrogen-bond donors (Lipinski definition) is 2. The number of ether oxygens (including phenoxy) is 2. The Hall–Kier alpha value is -4.79. The molecular weight excluding hydrogens is 488 g/mol. The van der Waals surface area contributed by atoms with Crippen molar-refractivity contribution in [3.05, 3.63) is 89.0 Å². The van der Waals surface area contributed by atoms with Gasteiger partial charge in [-0.1, -0.05) is 24.3 Å². The van der Waals surface area contributed by atoms with E-state index < -0.39 is 23.7 Å². The Morgan fingerprint density at radius 2 is 1.58 bits per heavy atom. The fourth-order valence-corrected chi connectivity index (χ4v) is 4.46. The van der Waals surface area contributed by atoms with Gasteiger partial charge in [0.05, 0.1) is 37.8 Å². The normalized spacial score (nSPS) is 16.4. The number of Topliss-reactive ketones (excluding diaryl/α,β-unsaturated/α-hetero) is 1. The zero-order chi connectivity index (χ0) is 27.6. The Bertz CT molecular complexity index is 1410. The molecule has 3 aromatic carbocycles. The van der Waals surface area contributed by atoms with Gasteiger partial charge in [0.15, 0.2) is 0 Å². The molecule has 1 unspecified atom stereocenters. The molecule has 9 heteroatoms. The van der Waals surface area contributed by atoms with Gasteiger partial charge in [0.1, 0.15) is 17.3 Å². The quantitative estimate of drug-likeness (QED) is 0.262. The predicted octanol–water partition coefficient (Wildman–Crippen LogP) is 4.02. The lowest BCUT2D eigenvalue weighted by Crippen LogP contribution is -2.29. The number of methoxy groups -OCH3 is 2. The first kappa shape index (κ1) is 26.3. The highest BCUT2D eigenvalue weighted by atomic mass is 16.5. The maximum Gasteiger partial charge on any atom is 0.307 e. The third-order valence-corrected chi connectivity index (χ3v) is 6.40. The van der Waals surface area contributed by atoms with Crippen molar-refractivity contribution in [2.45, 2.75) is 12.5 Å². The van der Waals surface area contributed by atoms with E-state index in [9.17, 15) is 19.5 Å². The van der Waals surface area contributed by atoms with Gasteiger partial charge in [-0.25, -0.2) is 0 Å². The number of carbonyl (C=O) groups is 3. The number of carboxylic acids is 1. The first-order chi connectivity index (χ1) is 18.2. The highest BCUT2D eigenvalue weighted by molar-refractivity contribution is 6.51. The van der Waals surface area contributed by atoms with Crippen LogP contribution >= 0.6 is 0 Å². The van der Waals surface area contributed by atoms with Crippen LogP contribution in [-0.4, -0.2) is 56.2 Å². The van der Waals surface area contributed by atoms with Gasteiger partial charge in [0, 0.05) is 31.5 Å². The number of carbonyl (C=O) groups excluding carboxylic acids is 2. The number of carboxylic acid groups (broad SMARTS) is 1. The smallest absolute Gasteiger partial charge is 0.307 e. The van der Waals surface area contributed by atoms with E-state index in [1.807, 2.05) is 31.1 Å². The van der Waals surface area contributed by atoms with Gasteiger partial charge < -0.3 is 24.6 Å². The molecule has 1 aliphatic heterocycles. The van der Waals surface area contributed by atoms with Gasteiger partial charge in [-0.15, -0.1) is 0 Å². The van der Waals surface area contributed by atoms with Crippen LogP contribution in [0.4, 0.5) is 11.4 Å². The zero-order valence-corrected chi connectivity index (χ0v) is 21.5. The topological polar surface area (TPSA) is 117 Å². The monoisotopic (exact) mass is 516 g/mol. The lowest BCUT2D eigenvalue weighted by Gasteiger charge is -2.26. The number of nitrogens with zero attached hydrogens (tertiary/aromatic N) is 2. The van der Waals surface area contributed by atoms with Crippen molar-refractivity contribution in [3.63, 3.8) is 0 Å². The molecule has 1 fully saturated rings. The average molecular weight is 517 g/mol. The number of anilines is 2. The molecule has 0 spiro atoms. The number of rotatable bonds is 8. The number of aliphatic carboxylic acids is 1. The Morgan fingerprint density at radius 3 is 2.13 bits per heavy atom. The maximum absolute atomic E-state index is 13.4. The van der Waals surface area contributed by atoms with Crippen LogP contribution in [0.25, 0.3) is 5.76 Å². The van der Waals surface area contributed by atoms with E-state index in [4.69, 9.17) is 14.6 Å². The molecule has 2 N–H and O–H groups in total. The molecule has 1 saturated heterocycles. The van der Waals surface area contributed by atoms with Crippen LogP contribution in [0, 0.1) is 0 Å². The van der Waals surface area contributed by atoms with Crippen LogP contribution in [0.5, 0.6) is 11.5 Å². The second-order valence-corrected chi connectivity index (χ2v) is 8.96. The van der Waals surface area contributed by atoms with E-state index in [1.165, 1.54) is 19.1 Å². The largest absolute Gasteiger partial charge is 0.507 e. The van der Waals surface area contributed by atoms with Crippen molar-refractivity contribution in [2.24, 2.45) is 0 Å².